The highest BCUT2D eigenvalue weighted by Gasteiger charge is 2.63. The molecule has 21 atom stereocenters. The molecular formula is C90H79Cl8NO31. The van der Waals surface area contributed by atoms with Crippen molar-refractivity contribution in [3.05, 3.63) is 282 Å². The van der Waals surface area contributed by atoms with Gasteiger partial charge in [-0.3, -0.25) is 24.0 Å². The molecule has 0 spiro atoms. The maximum Gasteiger partial charge on any atom is 0.338 e. The van der Waals surface area contributed by atoms with Gasteiger partial charge in [-0.1, -0.05) is 172 Å². The standard InChI is InChI=1S/C90H79Cl8NO31/c1-45(100)111-41-62-68(116-46(2)101)72(117-47(3)102)76(118-48(4)103)87(121-62)129-71-66(99-89(110)90(96,97)98)85(119-65-44-115-84(127-67(65)71)56-18-12-7-13-19-56)130-74-69(123-80(106)50-16-10-6-11-17-50)63(42-112-78(104)51-20-30-57(91)31-21-51)122-88(77(74)126-83(109)55-28-38-61(95)39-29-55)128-70-64(43-113-79(105)52-22-32-58(92)33-23-52)120-86(114-40-49-14-8-5-9-15-49)75(125-82(108)54-26-36-60(94)37-27-54)73(70)124-81(107)53-24-34-59(93)35-25-53/h5-39,62-77,84-88H,40-44H2,1-4H3,(H,99,110)/t62-,63-,64-,65-,66-,67-,68+,69+,70-,71-,72+,73+,74+,75-,76-,77-,84?,85+,86-,87+,88+/m1/s1. The lowest BCUT2D eigenvalue weighted by molar-refractivity contribution is -0.396. The van der Waals surface area contributed by atoms with E-state index in [1.165, 1.54) is 146 Å². The van der Waals surface area contributed by atoms with Gasteiger partial charge in [0.15, 0.2) is 74.2 Å². The first-order chi connectivity index (χ1) is 62.3. The maximum absolute atomic E-state index is 15.8. The molecule has 1 unspecified atom stereocenters. The number of rotatable bonds is 30. The molecule has 1 N–H and O–H groups in total. The molecule has 686 valence electrons. The van der Waals surface area contributed by atoms with Crippen LogP contribution < -0.4 is 5.32 Å². The van der Waals surface area contributed by atoms with Crippen molar-refractivity contribution in [3.8, 4) is 0 Å². The predicted molar refractivity (Wildman–Crippen MR) is 457 cm³/mol. The van der Waals surface area contributed by atoms with E-state index in [2.05, 4.69) is 5.32 Å². The molecule has 5 saturated heterocycles. The molecular weight excluding hydrogens is 1870 g/mol. The zero-order valence-corrected chi connectivity index (χ0v) is 74.6. The van der Waals surface area contributed by atoms with Gasteiger partial charge in [0.1, 0.15) is 74.7 Å². The van der Waals surface area contributed by atoms with Gasteiger partial charge in [-0.2, -0.15) is 0 Å². The number of alkyl halides is 3. The van der Waals surface area contributed by atoms with Gasteiger partial charge in [-0.25, -0.2) is 28.8 Å². The number of nitrogens with one attached hydrogen (secondary N) is 1. The molecule has 5 aliphatic rings. The summed E-state index contributed by atoms with van der Waals surface area (Å²) in [5, 5.41) is 3.51. The molecule has 8 aromatic rings. The lowest BCUT2D eigenvalue weighted by Crippen LogP contribution is -2.72. The average Bonchev–Trinajstić information content (AvgIpc) is 0.743. The van der Waals surface area contributed by atoms with E-state index in [4.69, 9.17) is 188 Å². The molecule has 130 heavy (non-hydrogen) atoms. The minimum Gasteiger partial charge on any atom is -0.463 e. The number of hydrogen-bond acceptors (Lipinski definition) is 31. The Hall–Kier alpha value is -10.1. The van der Waals surface area contributed by atoms with Crippen molar-refractivity contribution in [2.75, 3.05) is 26.4 Å². The Kier molecular flexibility index (Phi) is 33.6. The van der Waals surface area contributed by atoms with Crippen LogP contribution in [0.2, 0.25) is 25.1 Å². The van der Waals surface area contributed by atoms with Gasteiger partial charge >= 0.3 is 59.7 Å². The molecule has 1 amide bonds. The second-order valence-corrected chi connectivity index (χ2v) is 34.0. The van der Waals surface area contributed by atoms with Crippen LogP contribution in [0.5, 0.6) is 0 Å². The van der Waals surface area contributed by atoms with Gasteiger partial charge in [0, 0.05) is 58.4 Å². The number of halogens is 8. The van der Waals surface area contributed by atoms with Crippen molar-refractivity contribution < 1.29 is 147 Å². The summed E-state index contributed by atoms with van der Waals surface area (Å²) in [4.78, 5) is 159. The molecule has 8 aromatic carbocycles. The molecule has 40 heteroatoms. The first-order valence-corrected chi connectivity index (χ1v) is 42.9. The topological polar surface area (TPSA) is 384 Å². The summed E-state index contributed by atoms with van der Waals surface area (Å²) in [5.41, 5.74) is -0.123. The summed E-state index contributed by atoms with van der Waals surface area (Å²) >= 11 is 51.5. The first-order valence-electron chi connectivity index (χ1n) is 39.9. The minimum atomic E-state index is -2.99. The Balaban J connectivity index is 1.04. The molecule has 13 rings (SSSR count). The molecule has 5 heterocycles. The van der Waals surface area contributed by atoms with Crippen LogP contribution in [-0.4, -0.2) is 219 Å². The largest absolute Gasteiger partial charge is 0.463 e. The average molecular weight is 1950 g/mol. The number of ether oxygens (including phenoxy) is 20. The van der Waals surface area contributed by atoms with E-state index in [1.54, 1.807) is 66.7 Å². The van der Waals surface area contributed by atoms with Gasteiger partial charge in [-0.05, 0) is 139 Å². The van der Waals surface area contributed by atoms with E-state index in [1.807, 2.05) is 0 Å². The number of hydrogen-bond donors (Lipinski definition) is 1. The molecule has 0 aromatic heterocycles. The zero-order chi connectivity index (χ0) is 92.6. The Morgan fingerprint density at radius 2 is 0.685 bits per heavy atom. The second kappa shape index (κ2) is 44.8. The minimum absolute atomic E-state index is 0.0699. The van der Waals surface area contributed by atoms with Gasteiger partial charge in [0.2, 0.25) is 0 Å². The molecule has 0 bridgehead atoms. The van der Waals surface area contributed by atoms with Crippen molar-refractivity contribution >= 4 is 158 Å². The summed E-state index contributed by atoms with van der Waals surface area (Å²) in [6.07, 6.45) is -40.8. The van der Waals surface area contributed by atoms with Crippen molar-refractivity contribution in [1.29, 1.82) is 0 Å². The van der Waals surface area contributed by atoms with Gasteiger partial charge in [0.25, 0.3) is 9.70 Å². The van der Waals surface area contributed by atoms with Crippen LogP contribution in [-0.2, 0) is 125 Å². The highest BCUT2D eigenvalue weighted by Crippen LogP contribution is 2.44. The van der Waals surface area contributed by atoms with Crippen LogP contribution in [0, 0.1) is 0 Å². The van der Waals surface area contributed by atoms with Crippen molar-refractivity contribution in [2.45, 2.75) is 167 Å². The molecule has 0 radical (unpaired) electrons. The fraction of sp³-hybridized carbons (Fsp3) is 0.344. The third-order valence-corrected chi connectivity index (χ3v) is 22.1. The fourth-order valence-corrected chi connectivity index (χ4v) is 15.2. The van der Waals surface area contributed by atoms with Gasteiger partial charge in [0.05, 0.1) is 46.6 Å². The van der Waals surface area contributed by atoms with Crippen LogP contribution in [0.25, 0.3) is 0 Å². The van der Waals surface area contributed by atoms with Gasteiger partial charge in [-0.15, -0.1) is 0 Å². The number of carbonyl (C=O) groups is 11. The number of amides is 1. The molecule has 0 saturated carbocycles. The summed E-state index contributed by atoms with van der Waals surface area (Å²) in [6.45, 7) is 0.220. The third kappa shape index (κ3) is 25.6. The zero-order valence-electron chi connectivity index (χ0n) is 68.5. The third-order valence-electron chi connectivity index (χ3n) is 20.4. The van der Waals surface area contributed by atoms with Crippen molar-refractivity contribution in [3.63, 3.8) is 0 Å². The van der Waals surface area contributed by atoms with Crippen LogP contribution in [0.4, 0.5) is 0 Å². The SMILES string of the molecule is CC(=O)OC[C@H]1O[C@@H](O[C@@H]2[C@@H](NC(=O)C(Cl)(Cl)Cl)[C@H](O[C@H]3[C@@H](OC(=O)c4ccccc4)[C@@H](COC(=O)c4ccc(Cl)cc4)O[C@@H](O[C@H]4[C@H](OC(=O)c5ccc(Cl)cc5)[C@@H](OC(=O)c5ccc(Cl)cc5)[C@H](OCc5ccccc5)O[C@@H]4COC(=O)c4ccc(Cl)cc4)[C@@H]3OC(=O)c3ccc(Cl)cc3)O[C@@H]3COC(c4ccccc4)O[C@@H]23)[C@H](OC(C)=O)[C@@H](OC(C)=O)[C@H]1OC(C)=O. The monoisotopic (exact) mass is 1950 g/mol. The lowest BCUT2D eigenvalue weighted by Gasteiger charge is -2.53. The summed E-state index contributed by atoms with van der Waals surface area (Å²) in [7, 11) is 0. The summed E-state index contributed by atoms with van der Waals surface area (Å²) in [5.74, 6) is -12.5. The van der Waals surface area contributed by atoms with E-state index < -0.39 is 225 Å². The van der Waals surface area contributed by atoms with E-state index in [0.29, 0.717) is 11.1 Å². The van der Waals surface area contributed by atoms with E-state index in [-0.39, 0.29) is 65.1 Å². The highest BCUT2D eigenvalue weighted by atomic mass is 35.6. The van der Waals surface area contributed by atoms with Crippen LogP contribution in [0.1, 0.15) is 107 Å². The Morgan fingerprint density at radius 3 is 1.14 bits per heavy atom. The molecule has 5 fully saturated rings. The van der Waals surface area contributed by atoms with E-state index in [0.717, 1.165) is 27.7 Å². The van der Waals surface area contributed by atoms with Crippen molar-refractivity contribution in [1.82, 2.24) is 5.32 Å². The number of carbonyl (C=O) groups excluding carboxylic acids is 11. The van der Waals surface area contributed by atoms with E-state index in [9.17, 15) is 28.8 Å². The number of esters is 10. The number of fused-ring (bicyclic) bond motifs is 1. The number of benzene rings is 8. The van der Waals surface area contributed by atoms with Gasteiger partial charge < -0.3 is 100 Å². The lowest BCUT2D eigenvalue weighted by atomic mass is 9.93. The van der Waals surface area contributed by atoms with Crippen molar-refractivity contribution in [2.24, 2.45) is 0 Å². The van der Waals surface area contributed by atoms with Crippen LogP contribution in [0.3, 0.4) is 0 Å². The first kappa shape index (κ1) is 97.4. The van der Waals surface area contributed by atoms with E-state index >= 15 is 24.0 Å². The smallest absolute Gasteiger partial charge is 0.338 e. The summed E-state index contributed by atoms with van der Waals surface area (Å²) in [6, 6.07) is 48.4. The maximum atomic E-state index is 15.8. The second-order valence-electron chi connectivity index (χ2n) is 29.5. The fourth-order valence-electron chi connectivity index (χ4n) is 14.4. The molecule has 0 aliphatic carbocycles. The molecule has 32 nitrogen and oxygen atoms in total. The normalized spacial score (nSPS) is 26.4. The molecule has 5 aliphatic heterocycles. The van der Waals surface area contributed by atoms with Crippen LogP contribution >= 0.6 is 92.8 Å². The Bertz CT molecular complexity index is 5290. The highest BCUT2D eigenvalue weighted by molar-refractivity contribution is 6.76. The predicted octanol–water partition coefficient (Wildman–Crippen LogP) is 13.5. The Morgan fingerprint density at radius 1 is 0.338 bits per heavy atom. The summed E-state index contributed by atoms with van der Waals surface area (Å²) < 4.78 is 128. The Labute approximate surface area is 781 Å². The van der Waals surface area contributed by atoms with Crippen LogP contribution in [0.15, 0.2) is 212 Å². The quantitative estimate of drug-likeness (QED) is 0.0248.